The van der Waals surface area contributed by atoms with Crippen molar-refractivity contribution < 1.29 is 13.5 Å². The van der Waals surface area contributed by atoms with E-state index in [0.717, 1.165) is 5.56 Å². The van der Waals surface area contributed by atoms with E-state index < -0.39 is 15.6 Å². The summed E-state index contributed by atoms with van der Waals surface area (Å²) in [6.45, 7) is 5.15. The Morgan fingerprint density at radius 3 is 2.37 bits per heavy atom. The van der Waals surface area contributed by atoms with Crippen LogP contribution in [0.2, 0.25) is 0 Å². The molecule has 0 aromatic heterocycles. The highest BCUT2D eigenvalue weighted by Gasteiger charge is 2.46. The second-order valence-corrected chi connectivity index (χ2v) is 7.04. The molecule has 0 radical (unpaired) electrons. The van der Waals surface area contributed by atoms with Crippen molar-refractivity contribution >= 4 is 15.7 Å². The first-order chi connectivity index (χ1) is 8.72. The second-order valence-electron chi connectivity index (χ2n) is 5.42. The average Bonchev–Trinajstić information content (AvgIpc) is 3.05. The lowest BCUT2D eigenvalue weighted by molar-refractivity contribution is 0.246. The summed E-state index contributed by atoms with van der Waals surface area (Å²) in [4.78, 5) is 0.232. The maximum absolute atomic E-state index is 12.5. The molecule has 4 N–H and O–H groups in total. The Labute approximate surface area is 113 Å². The number of hydrogen-bond donors (Lipinski definition) is 3. The van der Waals surface area contributed by atoms with Crippen LogP contribution in [-0.4, -0.2) is 25.7 Å². The van der Waals surface area contributed by atoms with Gasteiger partial charge in [-0.15, -0.1) is 0 Å². The molecule has 5 nitrogen and oxygen atoms in total. The summed E-state index contributed by atoms with van der Waals surface area (Å²) in [6, 6.07) is 1.77. The number of hydrogen-bond acceptors (Lipinski definition) is 4. The summed E-state index contributed by atoms with van der Waals surface area (Å²) in [5, 5.41) is 9.25. The smallest absolute Gasteiger partial charge is 0.241 e. The third-order valence-corrected chi connectivity index (χ3v) is 5.60. The zero-order valence-corrected chi connectivity index (χ0v) is 12.3. The third-order valence-electron chi connectivity index (χ3n) is 3.74. The number of aliphatic hydroxyl groups excluding tert-OH is 1. The molecule has 0 spiro atoms. The first-order valence-corrected chi connectivity index (χ1v) is 7.72. The van der Waals surface area contributed by atoms with Gasteiger partial charge in [0.05, 0.1) is 17.0 Å². The van der Waals surface area contributed by atoms with Crippen molar-refractivity contribution in [2.75, 3.05) is 12.3 Å². The lowest BCUT2D eigenvalue weighted by Gasteiger charge is -2.19. The van der Waals surface area contributed by atoms with E-state index in [4.69, 9.17) is 5.73 Å². The zero-order chi connectivity index (χ0) is 14.4. The Hall–Kier alpha value is -1.11. The first-order valence-electron chi connectivity index (χ1n) is 6.23. The van der Waals surface area contributed by atoms with Crippen LogP contribution >= 0.6 is 0 Å². The molecule has 0 saturated heterocycles. The fourth-order valence-corrected chi connectivity index (χ4v) is 4.31. The van der Waals surface area contributed by atoms with Gasteiger partial charge in [-0.1, -0.05) is 6.07 Å². The molecule has 0 unspecified atom stereocenters. The summed E-state index contributed by atoms with van der Waals surface area (Å²) in [5.41, 5.74) is 7.86. The van der Waals surface area contributed by atoms with E-state index in [1.165, 1.54) is 0 Å². The molecule has 0 heterocycles. The SMILES string of the molecule is Cc1cc(C)c(S(=O)(=O)NC2(CO)CC2)c(C)c1N. The van der Waals surface area contributed by atoms with Crippen molar-refractivity contribution in [1.29, 1.82) is 0 Å². The van der Waals surface area contributed by atoms with Gasteiger partial charge >= 0.3 is 0 Å². The molecule has 1 aliphatic rings. The number of aryl methyl sites for hydroxylation is 2. The monoisotopic (exact) mass is 284 g/mol. The molecule has 0 atom stereocenters. The lowest BCUT2D eigenvalue weighted by atomic mass is 10.1. The molecule has 1 aliphatic carbocycles. The minimum Gasteiger partial charge on any atom is -0.398 e. The van der Waals surface area contributed by atoms with Crippen LogP contribution in [0.15, 0.2) is 11.0 Å². The van der Waals surface area contributed by atoms with Gasteiger partial charge in [-0.25, -0.2) is 13.1 Å². The van der Waals surface area contributed by atoms with Crippen molar-refractivity contribution in [2.24, 2.45) is 0 Å². The van der Waals surface area contributed by atoms with Crippen LogP contribution in [0, 0.1) is 20.8 Å². The van der Waals surface area contributed by atoms with Gasteiger partial charge in [-0.2, -0.15) is 0 Å². The zero-order valence-electron chi connectivity index (χ0n) is 11.4. The Balaban J connectivity index is 2.50. The molecule has 2 rings (SSSR count). The standard InChI is InChI=1S/C13H20N2O3S/c1-8-6-9(2)12(10(3)11(8)14)19(17,18)15-13(7-16)4-5-13/h6,15-16H,4-5,7,14H2,1-3H3. The maximum Gasteiger partial charge on any atom is 0.241 e. The minimum absolute atomic E-state index is 0.175. The molecule has 1 fully saturated rings. The summed E-state index contributed by atoms with van der Waals surface area (Å²) in [6.07, 6.45) is 1.34. The van der Waals surface area contributed by atoms with E-state index in [2.05, 4.69) is 4.72 Å². The minimum atomic E-state index is -3.66. The van der Waals surface area contributed by atoms with Gasteiger partial charge in [0.1, 0.15) is 0 Å². The van der Waals surface area contributed by atoms with Crippen molar-refractivity contribution in [3.63, 3.8) is 0 Å². The first kappa shape index (κ1) is 14.3. The predicted octanol–water partition coefficient (Wildman–Crippen LogP) is 0.997. The van der Waals surface area contributed by atoms with Gasteiger partial charge in [0.15, 0.2) is 0 Å². The molecular formula is C13H20N2O3S. The molecule has 0 amide bonds. The maximum atomic E-state index is 12.5. The summed E-state index contributed by atoms with van der Waals surface area (Å²) in [7, 11) is -3.66. The number of sulfonamides is 1. The highest BCUT2D eigenvalue weighted by Crippen LogP contribution is 2.37. The molecule has 1 aromatic carbocycles. The second kappa shape index (κ2) is 4.47. The van der Waals surface area contributed by atoms with Crippen molar-refractivity contribution in [2.45, 2.75) is 44.0 Å². The molecule has 0 bridgehead atoms. The third kappa shape index (κ3) is 2.48. The molecule has 6 heteroatoms. The molecule has 1 saturated carbocycles. The number of nitrogen functional groups attached to an aromatic ring is 1. The molecule has 1 aromatic rings. The number of rotatable bonds is 4. The van der Waals surface area contributed by atoms with Crippen LogP contribution in [0.4, 0.5) is 5.69 Å². The van der Waals surface area contributed by atoms with Crippen molar-refractivity contribution in [3.05, 3.63) is 22.8 Å². The van der Waals surface area contributed by atoms with E-state index in [0.29, 0.717) is 29.7 Å². The summed E-state index contributed by atoms with van der Waals surface area (Å²) in [5.74, 6) is 0. The topological polar surface area (TPSA) is 92.4 Å². The van der Waals surface area contributed by atoms with Crippen LogP contribution in [0.25, 0.3) is 0 Å². The Morgan fingerprint density at radius 1 is 1.32 bits per heavy atom. The number of anilines is 1. The normalized spacial score (nSPS) is 17.5. The van der Waals surface area contributed by atoms with Crippen LogP contribution in [0.1, 0.15) is 29.5 Å². The van der Waals surface area contributed by atoms with E-state index in [-0.39, 0.29) is 11.5 Å². The van der Waals surface area contributed by atoms with Gasteiger partial charge < -0.3 is 10.8 Å². The van der Waals surface area contributed by atoms with Crippen LogP contribution < -0.4 is 10.5 Å². The van der Waals surface area contributed by atoms with E-state index in [1.54, 1.807) is 19.9 Å². The van der Waals surface area contributed by atoms with E-state index in [9.17, 15) is 13.5 Å². The van der Waals surface area contributed by atoms with Crippen molar-refractivity contribution in [1.82, 2.24) is 4.72 Å². The van der Waals surface area contributed by atoms with E-state index >= 15 is 0 Å². The van der Waals surface area contributed by atoms with Gasteiger partial charge in [-0.05, 0) is 50.3 Å². The van der Waals surface area contributed by atoms with Crippen LogP contribution in [0.3, 0.4) is 0 Å². The number of aliphatic hydroxyl groups is 1. The fraction of sp³-hybridized carbons (Fsp3) is 0.538. The highest BCUT2D eigenvalue weighted by molar-refractivity contribution is 7.89. The number of nitrogens with one attached hydrogen (secondary N) is 1. The fourth-order valence-electron chi connectivity index (χ4n) is 2.37. The Kier molecular flexibility index (Phi) is 3.36. The molecular weight excluding hydrogens is 264 g/mol. The summed E-state index contributed by atoms with van der Waals surface area (Å²) >= 11 is 0. The average molecular weight is 284 g/mol. The molecule has 19 heavy (non-hydrogen) atoms. The Morgan fingerprint density at radius 2 is 1.89 bits per heavy atom. The van der Waals surface area contributed by atoms with Crippen molar-refractivity contribution in [3.8, 4) is 0 Å². The predicted molar refractivity (Wildman–Crippen MR) is 74.4 cm³/mol. The van der Waals surface area contributed by atoms with Gasteiger partial charge in [0, 0.05) is 5.69 Å². The highest BCUT2D eigenvalue weighted by atomic mass is 32.2. The number of benzene rings is 1. The largest absolute Gasteiger partial charge is 0.398 e. The number of nitrogens with two attached hydrogens (primary N) is 1. The summed E-state index contributed by atoms with van der Waals surface area (Å²) < 4.78 is 27.6. The quantitative estimate of drug-likeness (QED) is 0.719. The van der Waals surface area contributed by atoms with Gasteiger partial charge in [0.2, 0.25) is 10.0 Å². The van der Waals surface area contributed by atoms with E-state index in [1.807, 2.05) is 6.92 Å². The van der Waals surface area contributed by atoms with Crippen LogP contribution in [0.5, 0.6) is 0 Å². The Bertz CT molecular complexity index is 619. The molecule has 0 aliphatic heterocycles. The van der Waals surface area contributed by atoms with Gasteiger partial charge in [-0.3, -0.25) is 0 Å². The lowest BCUT2D eigenvalue weighted by Crippen LogP contribution is -2.40. The van der Waals surface area contributed by atoms with Gasteiger partial charge in [0.25, 0.3) is 0 Å². The van der Waals surface area contributed by atoms with Crippen LogP contribution in [-0.2, 0) is 10.0 Å². The molecule has 106 valence electrons.